The number of ether oxygens (including phenoxy) is 2. The van der Waals surface area contributed by atoms with E-state index in [1.54, 1.807) is 24.0 Å². The van der Waals surface area contributed by atoms with Crippen molar-refractivity contribution in [3.63, 3.8) is 0 Å². The molecular weight excluding hydrogens is 488 g/mol. The van der Waals surface area contributed by atoms with E-state index in [-0.39, 0.29) is 19.2 Å². The van der Waals surface area contributed by atoms with Crippen LogP contribution in [0, 0.1) is 0 Å². The predicted molar refractivity (Wildman–Crippen MR) is 141 cm³/mol. The number of aromatic nitrogens is 4. The molecular formula is C26H28N8O4. The van der Waals surface area contributed by atoms with Crippen LogP contribution >= 0.6 is 0 Å². The van der Waals surface area contributed by atoms with Crippen LogP contribution in [-0.2, 0) is 22.7 Å². The molecule has 0 saturated heterocycles. The van der Waals surface area contributed by atoms with E-state index < -0.39 is 12.2 Å². The Labute approximate surface area is 219 Å². The van der Waals surface area contributed by atoms with Gasteiger partial charge in [0.1, 0.15) is 13.2 Å². The number of hydrogen-bond donors (Lipinski definition) is 2. The summed E-state index contributed by atoms with van der Waals surface area (Å²) >= 11 is 0. The quantitative estimate of drug-likeness (QED) is 0.314. The van der Waals surface area contributed by atoms with E-state index in [2.05, 4.69) is 30.8 Å². The molecule has 0 aliphatic rings. The number of nitrogens with zero attached hydrogens (tertiary/aromatic N) is 6. The number of hydrogen-bond acceptors (Lipinski definition) is 7. The van der Waals surface area contributed by atoms with E-state index in [9.17, 15) is 9.59 Å². The van der Waals surface area contributed by atoms with E-state index in [1.165, 1.54) is 17.1 Å². The van der Waals surface area contributed by atoms with Crippen LogP contribution in [-0.4, -0.2) is 57.8 Å². The fourth-order valence-electron chi connectivity index (χ4n) is 2.94. The first-order chi connectivity index (χ1) is 18.6. The minimum atomic E-state index is -0.863. The van der Waals surface area contributed by atoms with E-state index in [0.717, 1.165) is 17.1 Å². The molecule has 0 atom stereocenters. The van der Waals surface area contributed by atoms with Gasteiger partial charge in [-0.05, 0) is 23.3 Å². The number of carbonyl (C=O) groups is 2. The number of benzene rings is 2. The van der Waals surface area contributed by atoms with Crippen LogP contribution in [0.3, 0.4) is 0 Å². The summed E-state index contributed by atoms with van der Waals surface area (Å²) in [5, 5.41) is 13.3. The lowest BCUT2D eigenvalue weighted by atomic mass is 10.2. The monoisotopic (exact) mass is 516 g/mol. The molecule has 2 aromatic heterocycles. The molecule has 2 N–H and O–H groups in total. The first-order valence-corrected chi connectivity index (χ1v) is 11.5. The lowest BCUT2D eigenvalue weighted by molar-refractivity contribution is 0.144. The summed E-state index contributed by atoms with van der Waals surface area (Å²) in [5.74, 6) is 0.617. The smallest absolute Gasteiger partial charge is 0.437 e. The minimum Gasteiger partial charge on any atom is -0.444 e. The van der Waals surface area contributed by atoms with Gasteiger partial charge in [0.15, 0.2) is 0 Å². The third kappa shape index (κ3) is 9.07. The number of nitrogens with one attached hydrogen (secondary N) is 2. The molecule has 0 unspecified atom stereocenters. The van der Waals surface area contributed by atoms with Crippen molar-refractivity contribution < 1.29 is 19.1 Å². The topological polar surface area (TPSA) is 137 Å². The first-order valence-electron chi connectivity index (χ1n) is 11.5. The summed E-state index contributed by atoms with van der Waals surface area (Å²) in [6, 6.07) is 21.9. The van der Waals surface area contributed by atoms with Gasteiger partial charge in [-0.3, -0.25) is 10.3 Å². The molecule has 12 heteroatoms. The van der Waals surface area contributed by atoms with Crippen LogP contribution in [0.1, 0.15) is 11.1 Å². The van der Waals surface area contributed by atoms with E-state index in [4.69, 9.17) is 9.47 Å². The van der Waals surface area contributed by atoms with Crippen molar-refractivity contribution >= 4 is 24.1 Å². The first kappa shape index (κ1) is 27.3. The van der Waals surface area contributed by atoms with Gasteiger partial charge in [0.05, 0.1) is 0 Å². The Hall–Kier alpha value is -5.26. The van der Waals surface area contributed by atoms with Gasteiger partial charge in [-0.1, -0.05) is 60.7 Å². The highest BCUT2D eigenvalue weighted by molar-refractivity contribution is 5.99. The highest BCUT2D eigenvalue weighted by atomic mass is 16.6. The molecule has 0 aliphatic carbocycles. The van der Waals surface area contributed by atoms with Crippen LogP contribution in [0.2, 0.25) is 0 Å². The van der Waals surface area contributed by atoms with Gasteiger partial charge in [0.25, 0.3) is 0 Å². The number of amides is 2. The maximum Gasteiger partial charge on any atom is 0.437 e. The molecule has 38 heavy (non-hydrogen) atoms. The molecule has 2 aromatic carbocycles. The lowest BCUT2D eigenvalue weighted by Gasteiger charge is -2.09. The Morgan fingerprint density at radius 3 is 1.79 bits per heavy atom. The third-order valence-electron chi connectivity index (χ3n) is 4.71. The zero-order chi connectivity index (χ0) is 27.0. The Morgan fingerprint density at radius 2 is 1.32 bits per heavy atom. The molecule has 12 nitrogen and oxygen atoms in total. The zero-order valence-electron chi connectivity index (χ0n) is 21.0. The summed E-state index contributed by atoms with van der Waals surface area (Å²) in [6.07, 6.45) is 4.93. The fourth-order valence-corrected chi connectivity index (χ4v) is 2.94. The van der Waals surface area contributed by atoms with E-state index >= 15 is 0 Å². The van der Waals surface area contributed by atoms with Gasteiger partial charge in [-0.15, -0.1) is 4.99 Å². The number of carbonyl (C=O) groups excluding carboxylic acids is 2. The van der Waals surface area contributed by atoms with Crippen molar-refractivity contribution in [2.24, 2.45) is 9.98 Å². The van der Waals surface area contributed by atoms with Gasteiger partial charge in [0.2, 0.25) is 11.9 Å². The van der Waals surface area contributed by atoms with Crippen molar-refractivity contribution in [1.82, 2.24) is 30.2 Å². The third-order valence-corrected chi connectivity index (χ3v) is 4.71. The predicted octanol–water partition coefficient (Wildman–Crippen LogP) is 3.29. The number of alkyl carbamates (subject to hydrolysis) is 1. The molecule has 2 amide bonds. The molecule has 2 heterocycles. The molecule has 196 valence electrons. The normalized spacial score (nSPS) is 11.1. The Bertz CT molecular complexity index is 1310. The molecule has 0 saturated carbocycles. The minimum absolute atomic E-state index is 0.0635. The highest BCUT2D eigenvalue weighted by Crippen LogP contribution is 2.03. The van der Waals surface area contributed by atoms with Crippen LogP contribution < -0.4 is 10.6 Å². The second-order valence-electron chi connectivity index (χ2n) is 7.36. The van der Waals surface area contributed by atoms with Gasteiger partial charge in [0, 0.05) is 38.9 Å². The van der Waals surface area contributed by atoms with Gasteiger partial charge in [-0.2, -0.15) is 10.2 Å². The average molecular weight is 517 g/mol. The Balaban J connectivity index is 0.000000336. The summed E-state index contributed by atoms with van der Waals surface area (Å²) in [7, 11) is 3.53. The molecule has 0 aliphatic heterocycles. The molecule has 0 spiro atoms. The molecule has 4 rings (SSSR count). The van der Waals surface area contributed by atoms with Crippen molar-refractivity contribution in [3.8, 4) is 0 Å². The van der Waals surface area contributed by atoms with Crippen molar-refractivity contribution in [1.29, 1.82) is 0 Å². The van der Waals surface area contributed by atoms with Crippen LogP contribution in [0.25, 0.3) is 0 Å². The van der Waals surface area contributed by atoms with Gasteiger partial charge in [-0.25, -0.2) is 19.0 Å². The van der Waals surface area contributed by atoms with E-state index in [0.29, 0.717) is 0 Å². The Morgan fingerprint density at radius 1 is 0.789 bits per heavy atom. The summed E-state index contributed by atoms with van der Waals surface area (Å²) in [4.78, 5) is 31.8. The second kappa shape index (κ2) is 15.0. The largest absolute Gasteiger partial charge is 0.444 e. The van der Waals surface area contributed by atoms with Gasteiger partial charge < -0.3 is 14.8 Å². The maximum absolute atomic E-state index is 12.1. The van der Waals surface area contributed by atoms with Crippen molar-refractivity contribution in [2.75, 3.05) is 14.1 Å². The second-order valence-corrected chi connectivity index (χ2v) is 7.36. The van der Waals surface area contributed by atoms with Crippen LogP contribution in [0.5, 0.6) is 0 Å². The van der Waals surface area contributed by atoms with Gasteiger partial charge >= 0.3 is 12.2 Å². The zero-order valence-corrected chi connectivity index (χ0v) is 21.0. The highest BCUT2D eigenvalue weighted by Gasteiger charge is 2.13. The summed E-state index contributed by atoms with van der Waals surface area (Å²) < 4.78 is 13.1. The molecule has 0 fully saturated rings. The van der Waals surface area contributed by atoms with Crippen LogP contribution in [0.15, 0.2) is 108 Å². The molecule has 0 bridgehead atoms. The standard InChI is InChI=1S/C20H18N4O4.C6H10N4/c25-19(27-14-16-8-3-1-4-9-16)22-18(24-13-7-12-21-24)23-20(26)28-15-17-10-5-2-6-11-17;1-7-6(8-2)10-5-3-4-9-10/h1-13H,14-15H2,(H,22,23,25,26);3-5H,1-2H3,(H,7,8). The molecule has 0 radical (unpaired) electrons. The lowest BCUT2D eigenvalue weighted by Crippen LogP contribution is -2.37. The fraction of sp³-hybridized carbons (Fsp3) is 0.154. The Kier molecular flexibility index (Phi) is 10.8. The van der Waals surface area contributed by atoms with Crippen molar-refractivity contribution in [3.05, 3.63) is 109 Å². The average Bonchev–Trinajstić information content (AvgIpc) is 3.68. The summed E-state index contributed by atoms with van der Waals surface area (Å²) in [6.45, 7) is 0.144. The SMILES string of the molecule is CN=C(NC)n1cccn1.O=C(N=C(NC(=O)OCc1ccccc1)n1cccn1)OCc1ccccc1. The summed E-state index contributed by atoms with van der Waals surface area (Å²) in [5.41, 5.74) is 1.65. The van der Waals surface area contributed by atoms with E-state index in [1.807, 2.05) is 80.0 Å². The number of rotatable bonds is 4. The molecule has 4 aromatic rings. The van der Waals surface area contributed by atoms with Crippen molar-refractivity contribution in [2.45, 2.75) is 13.2 Å². The van der Waals surface area contributed by atoms with Crippen LogP contribution in [0.4, 0.5) is 9.59 Å². The number of aliphatic imine (C=N–C) groups is 2. The maximum atomic E-state index is 12.1.